The quantitative estimate of drug-likeness (QED) is 0.643. The zero-order valence-electron chi connectivity index (χ0n) is 14.2. The van der Waals surface area contributed by atoms with E-state index in [1.165, 1.54) is 12.1 Å². The van der Waals surface area contributed by atoms with Crippen molar-refractivity contribution in [3.05, 3.63) is 76.3 Å². The third-order valence-electron chi connectivity index (χ3n) is 3.79. The molecule has 0 saturated heterocycles. The number of nitrogens with one attached hydrogen (secondary N) is 1. The first kappa shape index (κ1) is 19.8. The second-order valence-electron chi connectivity index (χ2n) is 5.81. The molecular weight excluding hydrogens is 400 g/mol. The number of alkyl halides is 3. The van der Waals surface area contributed by atoms with E-state index in [2.05, 4.69) is 15.6 Å². The van der Waals surface area contributed by atoms with Crippen molar-refractivity contribution in [2.45, 2.75) is 12.6 Å². The van der Waals surface area contributed by atoms with Crippen LogP contribution in [0.5, 0.6) is 0 Å². The summed E-state index contributed by atoms with van der Waals surface area (Å²) < 4.78 is 54.4. The molecule has 0 unspecified atom stereocenters. The fourth-order valence-electron chi connectivity index (χ4n) is 2.57. The largest absolute Gasteiger partial charge is 0.435 e. The lowest BCUT2D eigenvalue weighted by atomic mass is 10.1. The Hall–Kier alpha value is -2.94. The van der Waals surface area contributed by atoms with Crippen LogP contribution in [0.3, 0.4) is 0 Å². The van der Waals surface area contributed by atoms with Gasteiger partial charge in [0.25, 0.3) is 5.91 Å². The lowest BCUT2D eigenvalue weighted by Crippen LogP contribution is -2.29. The van der Waals surface area contributed by atoms with Crippen molar-refractivity contribution in [1.29, 1.82) is 0 Å². The van der Waals surface area contributed by atoms with Gasteiger partial charge >= 0.3 is 6.18 Å². The van der Waals surface area contributed by atoms with Crippen LogP contribution in [0.4, 0.5) is 17.6 Å². The molecule has 3 aromatic rings. The van der Waals surface area contributed by atoms with E-state index in [0.29, 0.717) is 16.1 Å². The van der Waals surface area contributed by atoms with E-state index < -0.39 is 29.3 Å². The van der Waals surface area contributed by atoms with E-state index in [4.69, 9.17) is 11.6 Å². The molecule has 146 valence electrons. The second kappa shape index (κ2) is 7.97. The second-order valence-corrected chi connectivity index (χ2v) is 6.25. The number of amides is 1. The highest BCUT2D eigenvalue weighted by atomic mass is 35.5. The molecule has 0 spiro atoms. The molecule has 0 aliphatic heterocycles. The van der Waals surface area contributed by atoms with E-state index >= 15 is 0 Å². The predicted octanol–water partition coefficient (Wildman–Crippen LogP) is 4.05. The molecule has 5 nitrogen and oxygen atoms in total. The van der Waals surface area contributed by atoms with Crippen LogP contribution in [-0.2, 0) is 12.6 Å². The van der Waals surface area contributed by atoms with Gasteiger partial charge in [-0.25, -0.2) is 9.07 Å². The maximum absolute atomic E-state index is 13.5. The molecule has 0 aliphatic rings. The molecule has 10 heteroatoms. The number of aromatic nitrogens is 3. The Balaban J connectivity index is 1.82. The normalized spacial score (nSPS) is 11.5. The van der Waals surface area contributed by atoms with Crippen LogP contribution in [0.25, 0.3) is 5.69 Å². The maximum Gasteiger partial charge on any atom is 0.435 e. The Morgan fingerprint density at radius 3 is 2.57 bits per heavy atom. The van der Waals surface area contributed by atoms with E-state index in [1.807, 2.05) is 0 Å². The van der Waals surface area contributed by atoms with Gasteiger partial charge in [0.1, 0.15) is 5.82 Å². The van der Waals surface area contributed by atoms with Crippen molar-refractivity contribution in [3.63, 3.8) is 0 Å². The molecule has 0 atom stereocenters. The van der Waals surface area contributed by atoms with Crippen molar-refractivity contribution < 1.29 is 22.4 Å². The predicted molar refractivity (Wildman–Crippen MR) is 93.8 cm³/mol. The van der Waals surface area contributed by atoms with Crippen molar-refractivity contribution in [2.75, 3.05) is 6.54 Å². The van der Waals surface area contributed by atoms with E-state index in [-0.39, 0.29) is 12.2 Å². The summed E-state index contributed by atoms with van der Waals surface area (Å²) >= 11 is 5.87. The Morgan fingerprint density at radius 2 is 1.89 bits per heavy atom. The van der Waals surface area contributed by atoms with Crippen molar-refractivity contribution in [1.82, 2.24) is 20.3 Å². The summed E-state index contributed by atoms with van der Waals surface area (Å²) in [6.45, 7) is 0.0727. The third-order valence-corrected chi connectivity index (χ3v) is 4.03. The Bertz CT molecular complexity index is 1000. The molecule has 0 bridgehead atoms. The zero-order valence-corrected chi connectivity index (χ0v) is 14.9. The molecule has 1 heterocycles. The summed E-state index contributed by atoms with van der Waals surface area (Å²) in [5.41, 5.74) is -1.65. The Kier molecular flexibility index (Phi) is 5.64. The van der Waals surface area contributed by atoms with Gasteiger partial charge in [0, 0.05) is 11.6 Å². The van der Waals surface area contributed by atoms with Crippen molar-refractivity contribution in [3.8, 4) is 5.69 Å². The smallest absolute Gasteiger partial charge is 0.350 e. The standard InChI is InChI=1S/C18H13ClF4N4O/c19-12-4-1-3-11(9-12)7-8-24-17(28)15-16(18(21,22)23)27(26-25-15)14-6-2-5-13(20)10-14/h1-6,9-10H,7-8H2,(H,24,28). The highest BCUT2D eigenvalue weighted by molar-refractivity contribution is 6.30. The topological polar surface area (TPSA) is 59.8 Å². The van der Waals surface area contributed by atoms with Crippen LogP contribution in [0.1, 0.15) is 21.7 Å². The fraction of sp³-hybridized carbons (Fsp3) is 0.167. The first-order valence-corrected chi connectivity index (χ1v) is 8.45. The Morgan fingerprint density at radius 1 is 1.14 bits per heavy atom. The van der Waals surface area contributed by atoms with Gasteiger partial charge in [0.2, 0.25) is 0 Å². The van der Waals surface area contributed by atoms with Gasteiger partial charge in [0.05, 0.1) is 5.69 Å². The number of halogens is 5. The van der Waals surface area contributed by atoms with Gasteiger partial charge in [-0.1, -0.05) is 35.0 Å². The summed E-state index contributed by atoms with van der Waals surface area (Å²) in [4.78, 5) is 12.3. The summed E-state index contributed by atoms with van der Waals surface area (Å²) in [6.07, 6.45) is -4.55. The van der Waals surface area contributed by atoms with Crippen molar-refractivity contribution in [2.24, 2.45) is 0 Å². The van der Waals surface area contributed by atoms with E-state index in [9.17, 15) is 22.4 Å². The summed E-state index contributed by atoms with van der Waals surface area (Å²) in [6, 6.07) is 11.3. The molecule has 2 aromatic carbocycles. The first-order valence-electron chi connectivity index (χ1n) is 8.07. The molecule has 28 heavy (non-hydrogen) atoms. The molecule has 0 fully saturated rings. The van der Waals surface area contributed by atoms with Crippen LogP contribution in [0.2, 0.25) is 5.02 Å². The summed E-state index contributed by atoms with van der Waals surface area (Å²) in [5.74, 6) is -1.77. The Labute approximate surface area is 161 Å². The van der Waals surface area contributed by atoms with Crippen LogP contribution >= 0.6 is 11.6 Å². The number of hydrogen-bond donors (Lipinski definition) is 1. The molecule has 0 radical (unpaired) electrons. The molecule has 0 aliphatic carbocycles. The number of rotatable bonds is 5. The summed E-state index contributed by atoms with van der Waals surface area (Å²) in [7, 11) is 0. The highest BCUT2D eigenvalue weighted by Gasteiger charge is 2.42. The van der Waals surface area contributed by atoms with Crippen molar-refractivity contribution >= 4 is 17.5 Å². The monoisotopic (exact) mass is 412 g/mol. The van der Waals surface area contributed by atoms with Gasteiger partial charge < -0.3 is 5.32 Å². The number of benzene rings is 2. The average Bonchev–Trinajstić information content (AvgIpc) is 3.07. The number of carbonyl (C=O) groups excluding carboxylic acids is 1. The molecule has 1 aromatic heterocycles. The third kappa shape index (κ3) is 4.48. The van der Waals surface area contributed by atoms with Gasteiger partial charge in [0.15, 0.2) is 11.4 Å². The minimum absolute atomic E-state index is 0.0727. The maximum atomic E-state index is 13.5. The molecule has 1 N–H and O–H groups in total. The fourth-order valence-corrected chi connectivity index (χ4v) is 2.79. The molecule has 3 rings (SSSR count). The van der Waals surface area contributed by atoms with Crippen LogP contribution in [0, 0.1) is 5.82 Å². The average molecular weight is 413 g/mol. The zero-order chi connectivity index (χ0) is 20.3. The number of hydrogen-bond acceptors (Lipinski definition) is 3. The lowest BCUT2D eigenvalue weighted by molar-refractivity contribution is -0.143. The molecule has 0 saturated carbocycles. The van der Waals surface area contributed by atoms with E-state index in [1.54, 1.807) is 24.3 Å². The summed E-state index contributed by atoms with van der Waals surface area (Å²) in [5, 5.41) is 9.66. The highest BCUT2D eigenvalue weighted by Crippen LogP contribution is 2.32. The minimum atomic E-state index is -4.92. The number of nitrogens with zero attached hydrogens (tertiary/aromatic N) is 3. The lowest BCUT2D eigenvalue weighted by Gasteiger charge is -2.11. The number of carbonyl (C=O) groups is 1. The first-order chi connectivity index (χ1) is 13.3. The molecule has 1 amide bonds. The minimum Gasteiger partial charge on any atom is -0.350 e. The van der Waals surface area contributed by atoms with Crippen LogP contribution < -0.4 is 5.32 Å². The van der Waals surface area contributed by atoms with Gasteiger partial charge in [-0.05, 0) is 42.3 Å². The van der Waals surface area contributed by atoms with Crippen LogP contribution in [0.15, 0.2) is 48.5 Å². The van der Waals surface area contributed by atoms with Gasteiger partial charge in [-0.15, -0.1) is 5.10 Å². The molecular formula is C18H13ClF4N4O. The van der Waals surface area contributed by atoms with Gasteiger partial charge in [-0.3, -0.25) is 4.79 Å². The SMILES string of the molecule is O=C(NCCc1cccc(Cl)c1)c1nnn(-c2cccc(F)c2)c1C(F)(F)F. The van der Waals surface area contributed by atoms with Crippen LogP contribution in [-0.4, -0.2) is 27.4 Å². The van der Waals surface area contributed by atoms with E-state index in [0.717, 1.165) is 17.7 Å². The van der Waals surface area contributed by atoms with Gasteiger partial charge in [-0.2, -0.15) is 13.2 Å².